The van der Waals surface area contributed by atoms with Gasteiger partial charge in [0.05, 0.1) is 5.56 Å². The molecule has 0 bridgehead atoms. The van der Waals surface area contributed by atoms with Crippen LogP contribution in [0.2, 0.25) is 0 Å². The van der Waals surface area contributed by atoms with E-state index in [1.165, 1.54) is 12.1 Å². The van der Waals surface area contributed by atoms with Gasteiger partial charge in [0.2, 0.25) is 0 Å². The number of nitrogens with one attached hydrogen (secondary N) is 1. The van der Waals surface area contributed by atoms with Gasteiger partial charge >= 0.3 is 6.18 Å². The molecule has 2 fully saturated rings. The Hall–Kier alpha value is -2.02. The number of alkyl halides is 3. The van der Waals surface area contributed by atoms with E-state index in [1.54, 1.807) is 7.05 Å². The molecule has 0 amide bonds. The highest BCUT2D eigenvalue weighted by Crippen LogP contribution is 2.44. The maximum absolute atomic E-state index is 13.2. The standard InChI is InChI=1S/C22H29F3N4/c1-26-20(29-13-8-19(15-29)28-11-2-3-12-28)27-16-21(9-5-10-21)17-6-4-7-18(14-17)22(23,24)25/h2-4,6-7,14,19H,5,8-13,15-16H2,1H3,(H,26,27). The quantitative estimate of drug-likeness (QED) is 0.471. The molecule has 4 nitrogen and oxygen atoms in total. The lowest BCUT2D eigenvalue weighted by molar-refractivity contribution is -0.137. The summed E-state index contributed by atoms with van der Waals surface area (Å²) < 4.78 is 39.5. The van der Waals surface area contributed by atoms with Gasteiger partial charge in [0.1, 0.15) is 0 Å². The maximum atomic E-state index is 13.2. The summed E-state index contributed by atoms with van der Waals surface area (Å²) >= 11 is 0. The number of halogens is 3. The first-order valence-electron chi connectivity index (χ1n) is 10.4. The molecular formula is C22H29F3N4. The molecule has 0 radical (unpaired) electrons. The molecule has 1 unspecified atom stereocenters. The molecule has 1 atom stereocenters. The summed E-state index contributed by atoms with van der Waals surface area (Å²) in [6.07, 6.45) is 4.09. The molecule has 4 rings (SSSR count). The van der Waals surface area contributed by atoms with Crippen LogP contribution in [0, 0.1) is 0 Å². The Bertz CT molecular complexity index is 775. The van der Waals surface area contributed by atoms with Crippen LogP contribution in [0.15, 0.2) is 41.4 Å². The lowest BCUT2D eigenvalue weighted by atomic mass is 9.64. The number of rotatable bonds is 4. The Balaban J connectivity index is 1.41. The predicted octanol–water partition coefficient (Wildman–Crippen LogP) is 3.65. The molecule has 1 saturated heterocycles. The number of guanidine groups is 1. The van der Waals surface area contributed by atoms with Crippen LogP contribution >= 0.6 is 0 Å². The molecule has 158 valence electrons. The fourth-order valence-corrected chi connectivity index (χ4v) is 4.80. The van der Waals surface area contributed by atoms with E-state index < -0.39 is 11.7 Å². The smallest absolute Gasteiger partial charge is 0.355 e. The van der Waals surface area contributed by atoms with Crippen molar-refractivity contribution in [2.45, 2.75) is 43.3 Å². The van der Waals surface area contributed by atoms with Crippen molar-refractivity contribution in [1.29, 1.82) is 0 Å². The topological polar surface area (TPSA) is 30.9 Å². The second-order valence-electron chi connectivity index (χ2n) is 8.43. The van der Waals surface area contributed by atoms with E-state index in [1.807, 2.05) is 6.07 Å². The minimum atomic E-state index is -4.31. The number of hydrogen-bond acceptors (Lipinski definition) is 2. The zero-order chi connectivity index (χ0) is 20.5. The van der Waals surface area contributed by atoms with Gasteiger partial charge < -0.3 is 10.2 Å². The summed E-state index contributed by atoms with van der Waals surface area (Å²) in [6.45, 7) is 4.55. The van der Waals surface area contributed by atoms with Gasteiger partial charge in [0.15, 0.2) is 5.96 Å². The van der Waals surface area contributed by atoms with Crippen LogP contribution in [-0.2, 0) is 11.6 Å². The van der Waals surface area contributed by atoms with Crippen LogP contribution in [0.5, 0.6) is 0 Å². The Morgan fingerprint density at radius 3 is 2.62 bits per heavy atom. The molecule has 0 spiro atoms. The van der Waals surface area contributed by atoms with Crippen LogP contribution in [0.3, 0.4) is 0 Å². The van der Waals surface area contributed by atoms with E-state index in [0.29, 0.717) is 12.6 Å². The lowest BCUT2D eigenvalue weighted by Crippen LogP contribution is -2.50. The monoisotopic (exact) mass is 406 g/mol. The average molecular weight is 406 g/mol. The molecule has 3 aliphatic rings. The van der Waals surface area contributed by atoms with Crippen molar-refractivity contribution in [2.24, 2.45) is 4.99 Å². The van der Waals surface area contributed by atoms with Crippen LogP contribution in [0.25, 0.3) is 0 Å². The Labute approximate surface area is 170 Å². The van der Waals surface area contributed by atoms with E-state index >= 15 is 0 Å². The van der Waals surface area contributed by atoms with Gasteiger partial charge in [-0.15, -0.1) is 0 Å². The number of aliphatic imine (C=N–C) groups is 1. The van der Waals surface area contributed by atoms with Crippen LogP contribution < -0.4 is 5.32 Å². The van der Waals surface area contributed by atoms with E-state index in [9.17, 15) is 13.2 Å². The third-order valence-electron chi connectivity index (χ3n) is 6.74. The van der Waals surface area contributed by atoms with Gasteiger partial charge in [-0.3, -0.25) is 9.89 Å². The Morgan fingerprint density at radius 2 is 2.00 bits per heavy atom. The molecule has 29 heavy (non-hydrogen) atoms. The second kappa shape index (κ2) is 8.01. The minimum Gasteiger partial charge on any atom is -0.355 e. The van der Waals surface area contributed by atoms with E-state index in [-0.39, 0.29) is 5.41 Å². The van der Waals surface area contributed by atoms with Gasteiger partial charge in [-0.25, -0.2) is 0 Å². The lowest BCUT2D eigenvalue weighted by Gasteiger charge is -2.43. The molecule has 7 heteroatoms. The largest absolute Gasteiger partial charge is 0.416 e. The van der Waals surface area contributed by atoms with E-state index in [4.69, 9.17) is 0 Å². The molecule has 0 aromatic heterocycles. The summed E-state index contributed by atoms with van der Waals surface area (Å²) in [4.78, 5) is 9.22. The summed E-state index contributed by atoms with van der Waals surface area (Å²) in [5.74, 6) is 0.859. The normalized spacial score (nSPS) is 24.8. The maximum Gasteiger partial charge on any atom is 0.416 e. The Morgan fingerprint density at radius 1 is 1.24 bits per heavy atom. The molecule has 1 N–H and O–H groups in total. The van der Waals surface area contributed by atoms with Crippen molar-refractivity contribution in [2.75, 3.05) is 39.8 Å². The van der Waals surface area contributed by atoms with Crippen molar-refractivity contribution in [3.8, 4) is 0 Å². The highest BCUT2D eigenvalue weighted by Gasteiger charge is 2.41. The molecule has 1 saturated carbocycles. The number of hydrogen-bond donors (Lipinski definition) is 1. The van der Waals surface area contributed by atoms with Gasteiger partial charge in [-0.1, -0.05) is 36.8 Å². The first-order valence-corrected chi connectivity index (χ1v) is 10.4. The molecular weight excluding hydrogens is 377 g/mol. The molecule has 1 aromatic rings. The second-order valence-corrected chi connectivity index (χ2v) is 8.43. The third kappa shape index (κ3) is 4.15. The molecule has 2 heterocycles. The van der Waals surface area contributed by atoms with E-state index in [2.05, 4.69) is 32.3 Å². The highest BCUT2D eigenvalue weighted by molar-refractivity contribution is 5.80. The summed E-state index contributed by atoms with van der Waals surface area (Å²) in [5, 5.41) is 3.48. The van der Waals surface area contributed by atoms with E-state index in [0.717, 1.165) is 69.5 Å². The number of likely N-dealkylation sites (tertiary alicyclic amines) is 1. The highest BCUT2D eigenvalue weighted by atomic mass is 19.4. The first kappa shape index (κ1) is 20.3. The summed E-state index contributed by atoms with van der Waals surface area (Å²) in [6, 6.07) is 6.38. The SMILES string of the molecule is CN=C(NCC1(c2cccc(C(F)(F)F)c2)CCC1)N1CCC(N2CC=CC2)C1. The summed E-state index contributed by atoms with van der Waals surface area (Å²) in [7, 11) is 1.78. The van der Waals surface area contributed by atoms with Gasteiger partial charge in [-0.2, -0.15) is 13.2 Å². The predicted molar refractivity (Wildman–Crippen MR) is 109 cm³/mol. The number of benzene rings is 1. The third-order valence-corrected chi connectivity index (χ3v) is 6.74. The van der Waals surface area contributed by atoms with Crippen molar-refractivity contribution in [3.05, 3.63) is 47.5 Å². The first-order chi connectivity index (χ1) is 13.9. The van der Waals surface area contributed by atoms with Gasteiger partial charge in [0.25, 0.3) is 0 Å². The van der Waals surface area contributed by atoms with Crippen LogP contribution in [0.1, 0.15) is 36.8 Å². The molecule has 2 aliphatic heterocycles. The van der Waals surface area contributed by atoms with Crippen molar-refractivity contribution >= 4 is 5.96 Å². The van der Waals surface area contributed by atoms with Crippen molar-refractivity contribution < 1.29 is 13.2 Å². The van der Waals surface area contributed by atoms with Crippen molar-refractivity contribution in [3.63, 3.8) is 0 Å². The zero-order valence-corrected chi connectivity index (χ0v) is 16.9. The zero-order valence-electron chi connectivity index (χ0n) is 16.9. The minimum absolute atomic E-state index is 0.241. The number of nitrogens with zero attached hydrogens (tertiary/aromatic N) is 3. The Kier molecular flexibility index (Phi) is 5.60. The van der Waals surface area contributed by atoms with Gasteiger partial charge in [-0.05, 0) is 30.9 Å². The van der Waals surface area contributed by atoms with Crippen LogP contribution in [-0.4, -0.2) is 61.6 Å². The molecule has 1 aromatic carbocycles. The van der Waals surface area contributed by atoms with Gasteiger partial charge in [0, 0.05) is 51.2 Å². The summed E-state index contributed by atoms with van der Waals surface area (Å²) in [5.41, 5.74) is -0.0221. The molecule has 1 aliphatic carbocycles. The fourth-order valence-electron chi connectivity index (χ4n) is 4.80. The average Bonchev–Trinajstić information content (AvgIpc) is 3.35. The van der Waals surface area contributed by atoms with Crippen molar-refractivity contribution in [1.82, 2.24) is 15.1 Å². The van der Waals surface area contributed by atoms with Crippen LogP contribution in [0.4, 0.5) is 13.2 Å². The fraction of sp³-hybridized carbons (Fsp3) is 0.591.